The number of likely N-dealkylation sites (tertiary alicyclic amines) is 1. The second-order valence-electron chi connectivity index (χ2n) is 4.00. The van der Waals surface area contributed by atoms with Crippen LogP contribution in [0, 0.1) is 11.8 Å². The molecule has 10 heavy (non-hydrogen) atoms. The molecule has 0 bridgehead atoms. The first-order valence-corrected chi connectivity index (χ1v) is 4.35. The molecular weight excluding hydrogens is 122 g/mol. The van der Waals surface area contributed by atoms with Gasteiger partial charge in [-0.2, -0.15) is 0 Å². The molecule has 2 atom stereocenters. The van der Waals surface area contributed by atoms with Crippen molar-refractivity contribution in [2.24, 2.45) is 11.8 Å². The zero-order chi connectivity index (χ0) is 7.72. The Hall–Kier alpha value is -0.0400. The molecule has 60 valence electrons. The van der Waals surface area contributed by atoms with Gasteiger partial charge in [0.25, 0.3) is 0 Å². The average Bonchev–Trinajstić information content (AvgIpc) is 2.13. The topological polar surface area (TPSA) is 3.24 Å². The molecule has 0 amide bonds. The van der Waals surface area contributed by atoms with E-state index in [0.29, 0.717) is 0 Å². The van der Waals surface area contributed by atoms with E-state index in [1.165, 1.54) is 13.1 Å². The first-order chi connectivity index (χ1) is 4.61. The quantitative estimate of drug-likeness (QED) is 0.539. The van der Waals surface area contributed by atoms with Gasteiger partial charge in [0.15, 0.2) is 0 Å². The summed E-state index contributed by atoms with van der Waals surface area (Å²) in [7, 11) is 0. The third-order valence-electron chi connectivity index (χ3n) is 2.75. The molecule has 1 heteroatoms. The lowest BCUT2D eigenvalue weighted by molar-refractivity contribution is 0.264. The molecule has 1 aliphatic heterocycles. The Balaban J connectivity index is 2.41. The number of hydrogen-bond donors (Lipinski definition) is 0. The molecule has 1 fully saturated rings. The van der Waals surface area contributed by atoms with E-state index in [-0.39, 0.29) is 0 Å². The number of rotatable bonds is 1. The van der Waals surface area contributed by atoms with Crippen molar-refractivity contribution in [3.05, 3.63) is 0 Å². The van der Waals surface area contributed by atoms with Gasteiger partial charge in [0.05, 0.1) is 0 Å². The highest BCUT2D eigenvalue weighted by atomic mass is 15.2. The fourth-order valence-corrected chi connectivity index (χ4v) is 1.60. The molecule has 0 aromatic carbocycles. The maximum absolute atomic E-state index is 2.56. The van der Waals surface area contributed by atoms with Gasteiger partial charge >= 0.3 is 0 Å². The lowest BCUT2D eigenvalue weighted by Crippen LogP contribution is -2.28. The zero-order valence-electron chi connectivity index (χ0n) is 7.59. The first kappa shape index (κ1) is 8.06. The van der Waals surface area contributed by atoms with Crippen LogP contribution in [0.4, 0.5) is 0 Å². The van der Waals surface area contributed by atoms with Crippen molar-refractivity contribution < 1.29 is 0 Å². The van der Waals surface area contributed by atoms with Crippen molar-refractivity contribution >= 4 is 0 Å². The van der Waals surface area contributed by atoms with Crippen LogP contribution in [-0.4, -0.2) is 24.0 Å². The van der Waals surface area contributed by atoms with Gasteiger partial charge in [-0.15, -0.1) is 0 Å². The molecule has 0 N–H and O–H groups in total. The summed E-state index contributed by atoms with van der Waals surface area (Å²) in [5, 5.41) is 0. The van der Waals surface area contributed by atoms with Gasteiger partial charge in [-0.1, -0.05) is 13.8 Å². The van der Waals surface area contributed by atoms with Crippen molar-refractivity contribution in [3.63, 3.8) is 0 Å². The molecule has 1 nitrogen and oxygen atoms in total. The predicted octanol–water partition coefficient (Wildman–Crippen LogP) is 1.98. The largest absolute Gasteiger partial charge is 0.300 e. The molecule has 0 radical (unpaired) electrons. The van der Waals surface area contributed by atoms with E-state index in [4.69, 9.17) is 0 Å². The second-order valence-corrected chi connectivity index (χ2v) is 4.00. The van der Waals surface area contributed by atoms with Crippen molar-refractivity contribution in [3.8, 4) is 0 Å². The van der Waals surface area contributed by atoms with E-state index in [0.717, 1.165) is 17.9 Å². The Morgan fingerprint density at radius 3 is 1.70 bits per heavy atom. The summed E-state index contributed by atoms with van der Waals surface area (Å²) in [4.78, 5) is 2.56. The van der Waals surface area contributed by atoms with Crippen LogP contribution in [-0.2, 0) is 0 Å². The average molecular weight is 141 g/mol. The highest BCUT2D eigenvalue weighted by Crippen LogP contribution is 2.23. The molecule has 0 unspecified atom stereocenters. The van der Waals surface area contributed by atoms with E-state index in [1.54, 1.807) is 0 Å². The zero-order valence-corrected chi connectivity index (χ0v) is 7.59. The summed E-state index contributed by atoms with van der Waals surface area (Å²) in [6.07, 6.45) is 0. The predicted molar refractivity (Wildman–Crippen MR) is 45.0 cm³/mol. The van der Waals surface area contributed by atoms with E-state index in [9.17, 15) is 0 Å². The summed E-state index contributed by atoms with van der Waals surface area (Å²) in [6.45, 7) is 11.9. The maximum atomic E-state index is 2.56. The van der Waals surface area contributed by atoms with Crippen LogP contribution < -0.4 is 0 Å². The van der Waals surface area contributed by atoms with Crippen LogP contribution in [0.1, 0.15) is 27.7 Å². The summed E-state index contributed by atoms with van der Waals surface area (Å²) in [5.74, 6) is 1.81. The summed E-state index contributed by atoms with van der Waals surface area (Å²) in [6, 6.07) is 0.743. The van der Waals surface area contributed by atoms with E-state index >= 15 is 0 Å². The van der Waals surface area contributed by atoms with E-state index in [2.05, 4.69) is 32.6 Å². The number of nitrogens with zero attached hydrogens (tertiary/aromatic N) is 1. The Morgan fingerprint density at radius 2 is 1.50 bits per heavy atom. The Morgan fingerprint density at radius 1 is 1.10 bits per heavy atom. The number of hydrogen-bond acceptors (Lipinski definition) is 1. The fraction of sp³-hybridized carbons (Fsp3) is 1.00. The molecular formula is C9H19N. The first-order valence-electron chi connectivity index (χ1n) is 4.35. The molecule has 0 aromatic heterocycles. The Labute approximate surface area is 64.4 Å². The fourth-order valence-electron chi connectivity index (χ4n) is 1.60. The van der Waals surface area contributed by atoms with Gasteiger partial charge in [-0.3, -0.25) is 0 Å². The summed E-state index contributed by atoms with van der Waals surface area (Å²) < 4.78 is 0. The molecule has 1 saturated heterocycles. The van der Waals surface area contributed by atoms with Gasteiger partial charge in [-0.05, 0) is 25.7 Å². The van der Waals surface area contributed by atoms with Gasteiger partial charge in [0.1, 0.15) is 0 Å². The van der Waals surface area contributed by atoms with Gasteiger partial charge in [0, 0.05) is 19.1 Å². The Bertz CT molecular complexity index is 99.3. The minimum absolute atomic E-state index is 0.743. The standard InChI is InChI=1S/C9H19N/c1-7(2)10-5-8(3)9(4)6-10/h7-9H,5-6H2,1-4H3/t8-,9+. The molecule has 1 aliphatic rings. The highest BCUT2D eigenvalue weighted by molar-refractivity contribution is 4.80. The van der Waals surface area contributed by atoms with E-state index < -0.39 is 0 Å². The summed E-state index contributed by atoms with van der Waals surface area (Å²) in [5.41, 5.74) is 0. The molecule has 0 saturated carbocycles. The monoisotopic (exact) mass is 141 g/mol. The van der Waals surface area contributed by atoms with Crippen LogP contribution in [0.15, 0.2) is 0 Å². The minimum Gasteiger partial charge on any atom is -0.300 e. The van der Waals surface area contributed by atoms with Crippen LogP contribution in [0.3, 0.4) is 0 Å². The molecule has 0 aliphatic carbocycles. The lowest BCUT2D eigenvalue weighted by Gasteiger charge is -2.19. The van der Waals surface area contributed by atoms with Crippen LogP contribution in [0.25, 0.3) is 0 Å². The van der Waals surface area contributed by atoms with Crippen LogP contribution in [0.2, 0.25) is 0 Å². The third kappa shape index (κ3) is 1.51. The van der Waals surface area contributed by atoms with E-state index in [1.807, 2.05) is 0 Å². The van der Waals surface area contributed by atoms with Gasteiger partial charge < -0.3 is 4.90 Å². The molecule has 1 rings (SSSR count). The molecule has 0 spiro atoms. The van der Waals surface area contributed by atoms with Crippen molar-refractivity contribution in [2.75, 3.05) is 13.1 Å². The maximum Gasteiger partial charge on any atom is 0.00388 e. The third-order valence-corrected chi connectivity index (χ3v) is 2.75. The van der Waals surface area contributed by atoms with Crippen molar-refractivity contribution in [1.29, 1.82) is 0 Å². The van der Waals surface area contributed by atoms with Crippen molar-refractivity contribution in [1.82, 2.24) is 4.90 Å². The lowest BCUT2D eigenvalue weighted by atomic mass is 10.0. The van der Waals surface area contributed by atoms with Crippen LogP contribution in [0.5, 0.6) is 0 Å². The van der Waals surface area contributed by atoms with Crippen molar-refractivity contribution in [2.45, 2.75) is 33.7 Å². The smallest absolute Gasteiger partial charge is 0.00388 e. The minimum atomic E-state index is 0.743. The SMILES string of the molecule is CC(C)N1C[C@@H](C)[C@@H](C)C1. The van der Waals surface area contributed by atoms with Gasteiger partial charge in [0.2, 0.25) is 0 Å². The normalized spacial score (nSPS) is 35.7. The van der Waals surface area contributed by atoms with Gasteiger partial charge in [-0.25, -0.2) is 0 Å². The highest BCUT2D eigenvalue weighted by Gasteiger charge is 2.26. The Kier molecular flexibility index (Phi) is 2.35. The summed E-state index contributed by atoms with van der Waals surface area (Å²) >= 11 is 0. The molecule has 0 aromatic rings. The molecule has 1 heterocycles. The van der Waals surface area contributed by atoms with Crippen LogP contribution >= 0.6 is 0 Å². The second kappa shape index (κ2) is 2.91.